The number of benzene rings is 1. The van der Waals surface area contributed by atoms with Crippen LogP contribution in [0.2, 0.25) is 15.6 Å². The highest BCUT2D eigenvalue weighted by atomic mass is 35.5. The van der Waals surface area contributed by atoms with Crippen molar-refractivity contribution in [3.63, 3.8) is 0 Å². The van der Waals surface area contributed by atoms with Crippen molar-refractivity contribution in [2.75, 3.05) is 0 Å². The van der Waals surface area contributed by atoms with E-state index in [1.165, 1.54) is 11.8 Å². The summed E-state index contributed by atoms with van der Waals surface area (Å²) in [6.45, 7) is 0. The van der Waals surface area contributed by atoms with Gasteiger partial charge in [0.05, 0.1) is 0 Å². The van der Waals surface area contributed by atoms with Crippen LogP contribution in [-0.2, 0) is 0 Å². The van der Waals surface area contributed by atoms with Crippen LogP contribution < -0.4 is 0 Å². The van der Waals surface area contributed by atoms with Gasteiger partial charge in [-0.25, -0.2) is 0 Å². The van der Waals surface area contributed by atoms with Crippen LogP contribution in [0.1, 0.15) is 0 Å². The Morgan fingerprint density at radius 1 is 0.812 bits per heavy atom. The van der Waals surface area contributed by atoms with Crippen molar-refractivity contribution in [1.29, 1.82) is 0 Å². The molecule has 3 nitrogen and oxygen atoms in total. The van der Waals surface area contributed by atoms with Gasteiger partial charge in [0.15, 0.2) is 5.16 Å². The second-order valence-electron chi connectivity index (χ2n) is 2.71. The Labute approximate surface area is 111 Å². The fraction of sp³-hybridized carbons (Fsp3) is 0. The van der Waals surface area contributed by atoms with Gasteiger partial charge in [-0.3, -0.25) is 0 Å². The summed E-state index contributed by atoms with van der Waals surface area (Å²) in [4.78, 5) is 12.5. The first-order valence-electron chi connectivity index (χ1n) is 4.14. The van der Waals surface area contributed by atoms with E-state index in [-0.39, 0.29) is 10.6 Å². The number of aromatic nitrogens is 3. The van der Waals surface area contributed by atoms with Gasteiger partial charge in [-0.1, -0.05) is 11.6 Å². The van der Waals surface area contributed by atoms with Crippen molar-refractivity contribution in [2.24, 2.45) is 0 Å². The van der Waals surface area contributed by atoms with Crippen molar-refractivity contribution in [2.45, 2.75) is 10.1 Å². The van der Waals surface area contributed by atoms with Crippen LogP contribution in [-0.4, -0.2) is 15.0 Å². The maximum absolute atomic E-state index is 5.77. The molecule has 0 fully saturated rings. The smallest absolute Gasteiger partial charge is 0.191 e. The van der Waals surface area contributed by atoms with Crippen LogP contribution in [0.15, 0.2) is 34.3 Å². The molecule has 1 heterocycles. The second-order valence-corrected chi connectivity index (χ2v) is 4.87. The van der Waals surface area contributed by atoms with Crippen molar-refractivity contribution in [1.82, 2.24) is 15.0 Å². The summed E-state index contributed by atoms with van der Waals surface area (Å²) in [5.74, 6) is 0. The highest BCUT2D eigenvalue weighted by Gasteiger charge is 2.05. The van der Waals surface area contributed by atoms with E-state index in [4.69, 9.17) is 34.8 Å². The van der Waals surface area contributed by atoms with Gasteiger partial charge >= 0.3 is 0 Å². The zero-order valence-electron chi connectivity index (χ0n) is 7.69. The molecule has 1 aromatic heterocycles. The molecule has 16 heavy (non-hydrogen) atoms. The van der Waals surface area contributed by atoms with Crippen LogP contribution in [0.5, 0.6) is 0 Å². The molecule has 0 atom stereocenters. The average Bonchev–Trinajstić information content (AvgIpc) is 2.20. The van der Waals surface area contributed by atoms with Gasteiger partial charge < -0.3 is 0 Å². The maximum atomic E-state index is 5.77. The van der Waals surface area contributed by atoms with E-state index in [0.29, 0.717) is 10.2 Å². The lowest BCUT2D eigenvalue weighted by atomic mass is 10.4. The van der Waals surface area contributed by atoms with Crippen molar-refractivity contribution in [3.05, 3.63) is 39.9 Å². The van der Waals surface area contributed by atoms with Crippen LogP contribution in [0.4, 0.5) is 0 Å². The molecule has 0 aliphatic rings. The molecule has 0 saturated carbocycles. The summed E-state index contributed by atoms with van der Waals surface area (Å²) < 4.78 is 0. The Balaban J connectivity index is 2.23. The highest BCUT2D eigenvalue weighted by molar-refractivity contribution is 7.99. The van der Waals surface area contributed by atoms with E-state index in [0.717, 1.165) is 4.90 Å². The fourth-order valence-electron chi connectivity index (χ4n) is 0.963. The molecule has 7 heteroatoms. The number of hydrogen-bond acceptors (Lipinski definition) is 4. The van der Waals surface area contributed by atoms with Crippen LogP contribution in [0, 0.1) is 0 Å². The van der Waals surface area contributed by atoms with Crippen LogP contribution in [0.3, 0.4) is 0 Å². The Bertz CT molecular complexity index is 484. The normalized spacial score (nSPS) is 10.4. The monoisotopic (exact) mass is 291 g/mol. The SMILES string of the molecule is Clc1ccc(Sc2nc(Cl)nc(Cl)n2)cc1. The third kappa shape index (κ3) is 3.22. The molecule has 0 aliphatic heterocycles. The summed E-state index contributed by atoms with van der Waals surface area (Å²) >= 11 is 18.4. The number of hydrogen-bond donors (Lipinski definition) is 0. The number of halogens is 3. The largest absolute Gasteiger partial charge is 0.227 e. The average molecular weight is 293 g/mol. The lowest BCUT2D eigenvalue weighted by Crippen LogP contribution is -1.91. The number of rotatable bonds is 2. The summed E-state index contributed by atoms with van der Waals surface area (Å²) in [6, 6.07) is 7.29. The molecule has 0 saturated heterocycles. The number of nitrogens with zero attached hydrogens (tertiary/aromatic N) is 3. The van der Waals surface area contributed by atoms with E-state index in [1.807, 2.05) is 12.1 Å². The predicted octanol–water partition coefficient (Wildman–Crippen LogP) is 3.98. The third-order valence-corrected chi connectivity index (χ3v) is 3.05. The molecule has 0 N–H and O–H groups in total. The summed E-state index contributed by atoms with van der Waals surface area (Å²) in [7, 11) is 0. The van der Waals surface area contributed by atoms with Gasteiger partial charge in [0.2, 0.25) is 10.6 Å². The lowest BCUT2D eigenvalue weighted by Gasteiger charge is -2.00. The Morgan fingerprint density at radius 3 is 1.94 bits per heavy atom. The molecule has 82 valence electrons. The molecule has 0 spiro atoms. The van der Waals surface area contributed by atoms with Crippen LogP contribution >= 0.6 is 46.6 Å². The Hall–Kier alpha value is -0.550. The van der Waals surface area contributed by atoms with Gasteiger partial charge in [-0.15, -0.1) is 0 Å². The highest BCUT2D eigenvalue weighted by Crippen LogP contribution is 2.26. The molecule has 2 rings (SSSR count). The van der Waals surface area contributed by atoms with Crippen LogP contribution in [0.25, 0.3) is 0 Å². The Morgan fingerprint density at radius 2 is 1.38 bits per heavy atom. The molecule has 0 unspecified atom stereocenters. The molecule has 0 amide bonds. The van der Waals surface area contributed by atoms with Crippen molar-refractivity contribution in [3.8, 4) is 0 Å². The first kappa shape index (κ1) is 11.9. The minimum Gasteiger partial charge on any atom is -0.191 e. The van der Waals surface area contributed by atoms with Gasteiger partial charge in [0.1, 0.15) is 0 Å². The lowest BCUT2D eigenvalue weighted by molar-refractivity contribution is 0.904. The summed E-state index contributed by atoms with van der Waals surface area (Å²) in [5, 5.41) is 1.29. The minimum atomic E-state index is 0.0801. The fourth-order valence-corrected chi connectivity index (χ4v) is 2.30. The quantitative estimate of drug-likeness (QED) is 0.839. The maximum Gasteiger partial charge on any atom is 0.227 e. The first-order chi connectivity index (χ1) is 7.63. The standard InChI is InChI=1S/C9H4Cl3N3S/c10-5-1-3-6(4-2-5)16-9-14-7(11)13-8(12)15-9/h1-4H. The zero-order valence-corrected chi connectivity index (χ0v) is 10.8. The van der Waals surface area contributed by atoms with Crippen molar-refractivity contribution >= 4 is 46.6 Å². The van der Waals surface area contributed by atoms with E-state index >= 15 is 0 Å². The van der Waals surface area contributed by atoms with Gasteiger partial charge in [0.25, 0.3) is 0 Å². The van der Waals surface area contributed by atoms with Gasteiger partial charge in [0, 0.05) is 9.92 Å². The molecule has 0 aliphatic carbocycles. The zero-order chi connectivity index (χ0) is 11.5. The Kier molecular flexibility index (Phi) is 3.86. The third-order valence-electron chi connectivity index (χ3n) is 1.58. The molecule has 2 aromatic rings. The van der Waals surface area contributed by atoms with E-state index in [9.17, 15) is 0 Å². The van der Waals surface area contributed by atoms with Crippen molar-refractivity contribution < 1.29 is 0 Å². The predicted molar refractivity (Wildman–Crippen MR) is 65.4 cm³/mol. The summed E-state index contributed by atoms with van der Waals surface area (Å²) in [6.07, 6.45) is 0. The summed E-state index contributed by atoms with van der Waals surface area (Å²) in [5.41, 5.74) is 0. The van der Waals surface area contributed by atoms with E-state index < -0.39 is 0 Å². The molecular weight excluding hydrogens is 289 g/mol. The molecule has 1 aromatic carbocycles. The van der Waals surface area contributed by atoms with E-state index in [1.54, 1.807) is 12.1 Å². The molecule has 0 radical (unpaired) electrons. The first-order valence-corrected chi connectivity index (χ1v) is 6.09. The topological polar surface area (TPSA) is 38.7 Å². The van der Waals surface area contributed by atoms with Gasteiger partial charge in [-0.05, 0) is 59.2 Å². The molecule has 0 bridgehead atoms. The molecular formula is C9H4Cl3N3S. The second kappa shape index (κ2) is 5.19. The van der Waals surface area contributed by atoms with Gasteiger partial charge in [-0.2, -0.15) is 15.0 Å². The minimum absolute atomic E-state index is 0.0801. The van der Waals surface area contributed by atoms with E-state index in [2.05, 4.69) is 15.0 Å².